The van der Waals surface area contributed by atoms with Crippen LogP contribution in [0.25, 0.3) is 33.9 Å². The van der Waals surface area contributed by atoms with Crippen molar-refractivity contribution in [1.29, 1.82) is 0 Å². The molecule has 0 spiro atoms. The van der Waals surface area contributed by atoms with Crippen LogP contribution in [-0.2, 0) is 6.42 Å². The molecule has 7 heteroatoms. The number of aromatic nitrogens is 2. The zero-order valence-electron chi connectivity index (χ0n) is 24.3. The van der Waals surface area contributed by atoms with Crippen molar-refractivity contribution in [2.45, 2.75) is 18.9 Å². The third-order valence-electron chi connectivity index (χ3n) is 8.67. The van der Waals surface area contributed by atoms with Crippen LogP contribution in [0.2, 0.25) is 0 Å². The Hall–Kier alpha value is -5.14. The lowest BCUT2D eigenvalue weighted by atomic mass is 9.83. The summed E-state index contributed by atoms with van der Waals surface area (Å²) in [6.45, 7) is 0. The summed E-state index contributed by atoms with van der Waals surface area (Å²) in [6, 6.07) is 32.5. The second kappa shape index (κ2) is 10.5. The minimum Gasteiger partial charge on any atom is -0.497 e. The molecule has 6 aromatic rings. The molecule has 44 heavy (non-hydrogen) atoms. The van der Waals surface area contributed by atoms with Gasteiger partial charge in [-0.05, 0) is 71.5 Å². The van der Waals surface area contributed by atoms with Crippen molar-refractivity contribution in [1.82, 2.24) is 9.55 Å². The highest BCUT2D eigenvalue weighted by atomic mass is 32.1. The van der Waals surface area contributed by atoms with Gasteiger partial charge in [-0.25, -0.2) is 4.99 Å². The van der Waals surface area contributed by atoms with E-state index in [0.29, 0.717) is 9.33 Å². The molecule has 0 radical (unpaired) electrons. The molecule has 0 amide bonds. The summed E-state index contributed by atoms with van der Waals surface area (Å²) < 4.78 is 13.7. The number of nitrogens with one attached hydrogen (secondary N) is 1. The average molecular weight is 596 g/mol. The number of hydrogen-bond acceptors (Lipinski definition) is 5. The fraction of sp³-hybridized carbons (Fsp3) is 0.135. The van der Waals surface area contributed by atoms with E-state index >= 15 is 0 Å². The SMILES string of the molecule is COc1cccc([C@@H]2C3=C(N=c4s/c(=C/c5c(-c6ccccc6)[nH]c6ccc(OC)cc56)c(=O)n42)c2ccccc2CC3)c1. The van der Waals surface area contributed by atoms with E-state index in [4.69, 9.17) is 14.5 Å². The van der Waals surface area contributed by atoms with Gasteiger partial charge in [0.25, 0.3) is 5.56 Å². The fourth-order valence-corrected chi connectivity index (χ4v) is 7.55. The van der Waals surface area contributed by atoms with Gasteiger partial charge in [0.2, 0.25) is 0 Å². The van der Waals surface area contributed by atoms with E-state index < -0.39 is 0 Å². The lowest BCUT2D eigenvalue weighted by Crippen LogP contribution is -2.38. The first-order valence-corrected chi connectivity index (χ1v) is 15.5. The molecule has 0 saturated heterocycles. The zero-order chi connectivity index (χ0) is 29.8. The number of fused-ring (bicyclic) bond motifs is 4. The smallest absolute Gasteiger partial charge is 0.271 e. The predicted octanol–water partition coefficient (Wildman–Crippen LogP) is 6.48. The monoisotopic (exact) mass is 595 g/mol. The maximum Gasteiger partial charge on any atom is 0.271 e. The molecular formula is C37H29N3O3S. The van der Waals surface area contributed by atoms with Crippen molar-refractivity contribution < 1.29 is 9.47 Å². The van der Waals surface area contributed by atoms with E-state index in [9.17, 15) is 4.79 Å². The molecule has 2 aliphatic rings. The summed E-state index contributed by atoms with van der Waals surface area (Å²) in [7, 11) is 3.34. The van der Waals surface area contributed by atoms with E-state index in [1.54, 1.807) is 14.2 Å². The van der Waals surface area contributed by atoms with Gasteiger partial charge in [0.1, 0.15) is 11.5 Å². The van der Waals surface area contributed by atoms with Crippen LogP contribution in [0.1, 0.15) is 34.7 Å². The molecule has 1 N–H and O–H groups in total. The van der Waals surface area contributed by atoms with Crippen LogP contribution < -0.4 is 24.4 Å². The fourth-order valence-electron chi connectivity index (χ4n) is 6.57. The van der Waals surface area contributed by atoms with Crippen LogP contribution in [0.4, 0.5) is 0 Å². The second-order valence-electron chi connectivity index (χ2n) is 11.1. The molecule has 216 valence electrons. The number of benzene rings is 4. The molecule has 3 heterocycles. The molecule has 0 saturated carbocycles. The molecular weight excluding hydrogens is 566 g/mol. The standard InChI is InChI=1S/C37H29N3O3S/c1-42-25-13-8-12-24(19-25)35-28-17-15-22-9-6-7-14-27(22)34(28)39-37-40(35)36(41)32(44-37)21-30-29-20-26(43-2)16-18-31(29)38-33(30)23-10-4-3-5-11-23/h3-14,16,18-21,35,38H,15,17H2,1-2H3/b32-21+/t35-/m1/s1. The largest absolute Gasteiger partial charge is 0.497 e. The third-order valence-corrected chi connectivity index (χ3v) is 9.65. The van der Waals surface area contributed by atoms with Crippen LogP contribution in [0.3, 0.4) is 0 Å². The first kappa shape index (κ1) is 26.5. The third kappa shape index (κ3) is 4.23. The molecule has 1 aliphatic carbocycles. The number of methoxy groups -OCH3 is 2. The number of aryl methyl sites for hydroxylation is 1. The first-order chi connectivity index (χ1) is 21.6. The second-order valence-corrected chi connectivity index (χ2v) is 12.1. The van der Waals surface area contributed by atoms with Gasteiger partial charge in [0, 0.05) is 22.0 Å². The van der Waals surface area contributed by atoms with Crippen LogP contribution >= 0.6 is 11.3 Å². The highest BCUT2D eigenvalue weighted by Gasteiger charge is 2.32. The summed E-state index contributed by atoms with van der Waals surface area (Å²) in [5.41, 5.74) is 9.47. The van der Waals surface area contributed by atoms with E-state index in [1.165, 1.54) is 16.9 Å². The number of hydrogen-bond donors (Lipinski definition) is 1. The molecule has 0 bridgehead atoms. The summed E-state index contributed by atoms with van der Waals surface area (Å²) >= 11 is 1.44. The number of allylic oxidation sites excluding steroid dienone is 1. The van der Waals surface area contributed by atoms with Gasteiger partial charge in [0.15, 0.2) is 4.80 Å². The summed E-state index contributed by atoms with van der Waals surface area (Å²) in [4.78, 5) is 24.0. The molecule has 0 fully saturated rings. The van der Waals surface area contributed by atoms with Gasteiger partial charge in [0.05, 0.1) is 36.2 Å². The van der Waals surface area contributed by atoms with Crippen molar-refractivity contribution in [3.63, 3.8) is 0 Å². The minimum atomic E-state index is -0.275. The van der Waals surface area contributed by atoms with Crippen LogP contribution in [0, 0.1) is 0 Å². The van der Waals surface area contributed by atoms with Gasteiger partial charge in [-0.15, -0.1) is 0 Å². The normalized spacial score (nSPS) is 15.9. The van der Waals surface area contributed by atoms with E-state index in [0.717, 1.165) is 74.5 Å². The molecule has 4 aromatic carbocycles. The maximum atomic E-state index is 14.5. The average Bonchev–Trinajstić information content (AvgIpc) is 3.60. The highest BCUT2D eigenvalue weighted by molar-refractivity contribution is 7.07. The Labute approximate surface area is 257 Å². The Balaban J connectivity index is 1.41. The van der Waals surface area contributed by atoms with Gasteiger partial charge in [-0.2, -0.15) is 0 Å². The number of thiazole rings is 1. The number of H-pyrrole nitrogens is 1. The van der Waals surface area contributed by atoms with Gasteiger partial charge < -0.3 is 14.5 Å². The molecule has 6 nitrogen and oxygen atoms in total. The Morgan fingerprint density at radius 1 is 0.886 bits per heavy atom. The molecule has 0 unspecified atom stereocenters. The van der Waals surface area contributed by atoms with Crippen LogP contribution in [0.15, 0.2) is 112 Å². The van der Waals surface area contributed by atoms with Crippen molar-refractivity contribution in [3.05, 3.63) is 145 Å². The zero-order valence-corrected chi connectivity index (χ0v) is 25.2. The van der Waals surface area contributed by atoms with Crippen molar-refractivity contribution in [2.75, 3.05) is 14.2 Å². The first-order valence-electron chi connectivity index (χ1n) is 14.6. The van der Waals surface area contributed by atoms with Gasteiger partial charge >= 0.3 is 0 Å². The van der Waals surface area contributed by atoms with Crippen molar-refractivity contribution >= 4 is 34.0 Å². The summed E-state index contributed by atoms with van der Waals surface area (Å²) in [5, 5.41) is 0.992. The topological polar surface area (TPSA) is 68.6 Å². The van der Waals surface area contributed by atoms with Gasteiger partial charge in [-0.1, -0.05) is 78.1 Å². The molecule has 8 rings (SSSR count). The van der Waals surface area contributed by atoms with E-state index in [2.05, 4.69) is 47.4 Å². The van der Waals surface area contributed by atoms with Crippen molar-refractivity contribution in [2.24, 2.45) is 4.99 Å². The van der Waals surface area contributed by atoms with Crippen LogP contribution in [-0.4, -0.2) is 23.8 Å². The van der Waals surface area contributed by atoms with E-state index in [-0.39, 0.29) is 11.6 Å². The van der Waals surface area contributed by atoms with Gasteiger partial charge in [-0.3, -0.25) is 9.36 Å². The Kier molecular flexibility index (Phi) is 6.34. The molecule has 1 aliphatic heterocycles. The van der Waals surface area contributed by atoms with Crippen molar-refractivity contribution in [3.8, 4) is 22.8 Å². The maximum absolute atomic E-state index is 14.5. The number of rotatable bonds is 5. The lowest BCUT2D eigenvalue weighted by molar-refractivity contribution is 0.413. The van der Waals surface area contributed by atoms with Crippen LogP contribution in [0.5, 0.6) is 11.5 Å². The lowest BCUT2D eigenvalue weighted by Gasteiger charge is -2.31. The molecule has 2 aromatic heterocycles. The highest BCUT2D eigenvalue weighted by Crippen LogP contribution is 2.42. The summed E-state index contributed by atoms with van der Waals surface area (Å²) in [5.74, 6) is 1.52. The number of nitrogens with zero attached hydrogens (tertiary/aromatic N) is 2. The van der Waals surface area contributed by atoms with E-state index in [1.807, 2.05) is 65.2 Å². The Morgan fingerprint density at radius 3 is 2.52 bits per heavy atom. The predicted molar refractivity (Wildman–Crippen MR) is 176 cm³/mol. The Morgan fingerprint density at radius 2 is 1.68 bits per heavy atom. The molecule has 1 atom stereocenters. The summed E-state index contributed by atoms with van der Waals surface area (Å²) in [6.07, 6.45) is 3.76. The minimum absolute atomic E-state index is 0.0526. The quantitative estimate of drug-likeness (QED) is 0.248. The number of aromatic amines is 1. The number of ether oxygens (including phenoxy) is 2. The Bertz CT molecular complexity index is 2290.